The van der Waals surface area contributed by atoms with Gasteiger partial charge in [-0.2, -0.15) is 0 Å². The number of fused-ring (bicyclic) bond motifs is 1. The molecular formula is C20H28N2O4. The van der Waals surface area contributed by atoms with E-state index in [1.807, 2.05) is 12.1 Å². The molecule has 6 nitrogen and oxygen atoms in total. The third-order valence-corrected chi connectivity index (χ3v) is 5.11. The van der Waals surface area contributed by atoms with Gasteiger partial charge in [0.1, 0.15) is 13.2 Å². The molecule has 1 aliphatic carbocycles. The fourth-order valence-corrected chi connectivity index (χ4v) is 3.52. The van der Waals surface area contributed by atoms with E-state index in [9.17, 15) is 9.59 Å². The monoisotopic (exact) mass is 360 g/mol. The summed E-state index contributed by atoms with van der Waals surface area (Å²) in [6.07, 6.45) is 5.14. The highest BCUT2D eigenvalue weighted by molar-refractivity contribution is 5.93. The smallest absolute Gasteiger partial charge is 0.227 e. The fraction of sp³-hybridized carbons (Fsp3) is 0.600. The number of benzene rings is 1. The standard InChI is InChI=1S/C20H28N2O4/c1-2-3-10-21-19(23)14-4-6-15(7-5-14)20(24)22-16-8-9-17-18(13-16)26-12-11-25-17/h8-9,13-15H,2-7,10-12H2,1H3,(H,21,23)(H,22,24). The lowest BCUT2D eigenvalue weighted by Crippen LogP contribution is -2.35. The molecule has 0 saturated heterocycles. The minimum Gasteiger partial charge on any atom is -0.486 e. The van der Waals surface area contributed by atoms with Crippen molar-refractivity contribution in [3.63, 3.8) is 0 Å². The fourth-order valence-electron chi connectivity index (χ4n) is 3.52. The maximum atomic E-state index is 12.5. The summed E-state index contributed by atoms with van der Waals surface area (Å²) in [7, 11) is 0. The molecule has 1 aliphatic heterocycles. The van der Waals surface area contributed by atoms with Crippen molar-refractivity contribution in [3.05, 3.63) is 18.2 Å². The van der Waals surface area contributed by atoms with Gasteiger partial charge in [0.15, 0.2) is 11.5 Å². The number of ether oxygens (including phenoxy) is 2. The highest BCUT2D eigenvalue weighted by atomic mass is 16.6. The molecule has 0 aromatic heterocycles. The van der Waals surface area contributed by atoms with Crippen molar-refractivity contribution in [3.8, 4) is 11.5 Å². The van der Waals surface area contributed by atoms with E-state index in [0.717, 1.165) is 50.8 Å². The van der Waals surface area contributed by atoms with Crippen molar-refractivity contribution in [2.24, 2.45) is 11.8 Å². The van der Waals surface area contributed by atoms with Crippen LogP contribution in [0.25, 0.3) is 0 Å². The molecule has 0 unspecified atom stereocenters. The number of hydrogen-bond acceptors (Lipinski definition) is 4. The summed E-state index contributed by atoms with van der Waals surface area (Å²) in [5, 5.41) is 5.97. The van der Waals surface area contributed by atoms with Crippen LogP contribution in [-0.4, -0.2) is 31.6 Å². The molecule has 0 radical (unpaired) electrons. The Labute approximate surface area is 154 Å². The number of anilines is 1. The number of carbonyl (C=O) groups is 2. The topological polar surface area (TPSA) is 76.7 Å². The Kier molecular flexibility index (Phi) is 6.36. The largest absolute Gasteiger partial charge is 0.486 e. The molecule has 26 heavy (non-hydrogen) atoms. The van der Waals surface area contributed by atoms with Crippen molar-refractivity contribution in [1.29, 1.82) is 0 Å². The first-order valence-electron chi connectivity index (χ1n) is 9.65. The van der Waals surface area contributed by atoms with Crippen LogP contribution in [-0.2, 0) is 9.59 Å². The van der Waals surface area contributed by atoms with Gasteiger partial charge in [-0.25, -0.2) is 0 Å². The van der Waals surface area contributed by atoms with Crippen molar-refractivity contribution in [2.45, 2.75) is 45.4 Å². The first-order valence-corrected chi connectivity index (χ1v) is 9.65. The minimum atomic E-state index is -0.0390. The zero-order valence-electron chi connectivity index (χ0n) is 15.4. The van der Waals surface area contributed by atoms with Gasteiger partial charge in [-0.1, -0.05) is 13.3 Å². The van der Waals surface area contributed by atoms with Gasteiger partial charge in [0.2, 0.25) is 11.8 Å². The second-order valence-corrected chi connectivity index (χ2v) is 7.04. The van der Waals surface area contributed by atoms with E-state index in [4.69, 9.17) is 9.47 Å². The van der Waals surface area contributed by atoms with Gasteiger partial charge in [0.25, 0.3) is 0 Å². The van der Waals surface area contributed by atoms with E-state index >= 15 is 0 Å². The molecule has 1 saturated carbocycles. The van der Waals surface area contributed by atoms with E-state index in [2.05, 4.69) is 17.6 Å². The Hall–Kier alpha value is -2.24. The second-order valence-electron chi connectivity index (χ2n) is 7.04. The van der Waals surface area contributed by atoms with Crippen LogP contribution in [0.2, 0.25) is 0 Å². The Morgan fingerprint density at radius 2 is 1.65 bits per heavy atom. The predicted molar refractivity (Wildman–Crippen MR) is 99.4 cm³/mol. The summed E-state index contributed by atoms with van der Waals surface area (Å²) in [6.45, 7) is 3.93. The quantitative estimate of drug-likeness (QED) is 0.764. The van der Waals surface area contributed by atoms with E-state index in [-0.39, 0.29) is 23.7 Å². The molecule has 2 aliphatic rings. The zero-order chi connectivity index (χ0) is 18.4. The van der Waals surface area contributed by atoms with Gasteiger partial charge in [-0.3, -0.25) is 9.59 Å². The maximum absolute atomic E-state index is 12.5. The van der Waals surface area contributed by atoms with Crippen LogP contribution in [0.4, 0.5) is 5.69 Å². The van der Waals surface area contributed by atoms with Gasteiger partial charge < -0.3 is 20.1 Å². The van der Waals surface area contributed by atoms with E-state index in [0.29, 0.717) is 24.7 Å². The third kappa shape index (κ3) is 4.68. The Balaban J connectivity index is 1.47. The third-order valence-electron chi connectivity index (χ3n) is 5.11. The molecule has 0 atom stereocenters. The van der Waals surface area contributed by atoms with Gasteiger partial charge in [0, 0.05) is 30.1 Å². The highest BCUT2D eigenvalue weighted by Crippen LogP contribution is 2.34. The van der Waals surface area contributed by atoms with Gasteiger partial charge in [-0.05, 0) is 44.2 Å². The molecule has 142 valence electrons. The van der Waals surface area contributed by atoms with Crippen LogP contribution >= 0.6 is 0 Å². The number of unbranched alkanes of at least 4 members (excludes halogenated alkanes) is 1. The Morgan fingerprint density at radius 3 is 2.35 bits per heavy atom. The van der Waals surface area contributed by atoms with E-state index in [1.165, 1.54) is 0 Å². The molecule has 1 aromatic rings. The number of amides is 2. The predicted octanol–water partition coefficient (Wildman–Crippen LogP) is 3.12. The molecule has 1 fully saturated rings. The van der Waals surface area contributed by atoms with Crippen molar-refractivity contribution in [1.82, 2.24) is 5.32 Å². The molecule has 0 bridgehead atoms. The average Bonchev–Trinajstić information content (AvgIpc) is 2.68. The molecule has 3 rings (SSSR count). The zero-order valence-corrected chi connectivity index (χ0v) is 15.4. The SMILES string of the molecule is CCCCNC(=O)C1CCC(C(=O)Nc2ccc3c(c2)OCCO3)CC1. The van der Waals surface area contributed by atoms with Crippen LogP contribution in [0, 0.1) is 11.8 Å². The highest BCUT2D eigenvalue weighted by Gasteiger charge is 2.30. The molecule has 6 heteroatoms. The molecule has 2 amide bonds. The molecule has 1 aromatic carbocycles. The van der Waals surface area contributed by atoms with Gasteiger partial charge >= 0.3 is 0 Å². The minimum absolute atomic E-state index is 0.0199. The lowest BCUT2D eigenvalue weighted by molar-refractivity contribution is -0.128. The lowest BCUT2D eigenvalue weighted by atomic mass is 9.81. The van der Waals surface area contributed by atoms with Crippen LogP contribution in [0.3, 0.4) is 0 Å². The number of rotatable bonds is 6. The molecule has 1 heterocycles. The first kappa shape index (κ1) is 18.5. The summed E-state index contributed by atoms with van der Waals surface area (Å²) < 4.78 is 11.0. The van der Waals surface area contributed by atoms with Crippen molar-refractivity contribution >= 4 is 17.5 Å². The van der Waals surface area contributed by atoms with Crippen LogP contribution < -0.4 is 20.1 Å². The molecule has 2 N–H and O–H groups in total. The summed E-state index contributed by atoms with van der Waals surface area (Å²) >= 11 is 0. The summed E-state index contributed by atoms with van der Waals surface area (Å²) in [5.74, 6) is 1.55. The van der Waals surface area contributed by atoms with Crippen LogP contribution in [0.5, 0.6) is 11.5 Å². The van der Waals surface area contributed by atoms with E-state index < -0.39 is 0 Å². The van der Waals surface area contributed by atoms with Gasteiger partial charge in [0.05, 0.1) is 0 Å². The first-order chi connectivity index (χ1) is 12.7. The molecule has 0 spiro atoms. The van der Waals surface area contributed by atoms with E-state index in [1.54, 1.807) is 6.07 Å². The van der Waals surface area contributed by atoms with Crippen molar-refractivity contribution < 1.29 is 19.1 Å². The lowest BCUT2D eigenvalue weighted by Gasteiger charge is -2.27. The van der Waals surface area contributed by atoms with Crippen LogP contribution in [0.1, 0.15) is 45.4 Å². The maximum Gasteiger partial charge on any atom is 0.227 e. The molecular weight excluding hydrogens is 332 g/mol. The normalized spacial score (nSPS) is 21.7. The summed E-state index contributed by atoms with van der Waals surface area (Å²) in [5.41, 5.74) is 0.721. The Bertz CT molecular complexity index is 639. The van der Waals surface area contributed by atoms with Crippen molar-refractivity contribution in [2.75, 3.05) is 25.1 Å². The number of carbonyl (C=O) groups excluding carboxylic acids is 2. The summed E-state index contributed by atoms with van der Waals surface area (Å²) in [6, 6.07) is 5.46. The number of hydrogen-bond donors (Lipinski definition) is 2. The number of nitrogens with one attached hydrogen (secondary N) is 2. The van der Waals surface area contributed by atoms with Gasteiger partial charge in [-0.15, -0.1) is 0 Å². The van der Waals surface area contributed by atoms with Crippen LogP contribution in [0.15, 0.2) is 18.2 Å². The second kappa shape index (κ2) is 8.92. The summed E-state index contributed by atoms with van der Waals surface area (Å²) in [4.78, 5) is 24.7. The Morgan fingerprint density at radius 1 is 1.00 bits per heavy atom. The average molecular weight is 360 g/mol.